The molecule has 0 saturated heterocycles. The molecule has 0 bridgehead atoms. The zero-order valence-corrected chi connectivity index (χ0v) is 9.79. The van der Waals surface area contributed by atoms with Gasteiger partial charge in [-0.2, -0.15) is 0 Å². The molecule has 0 aliphatic heterocycles. The number of aliphatic hydroxyl groups is 1. The third-order valence-electron chi connectivity index (χ3n) is 5.06. The average Bonchev–Trinajstić information content (AvgIpc) is 2.42. The van der Waals surface area contributed by atoms with E-state index in [1.54, 1.807) is 0 Å². The van der Waals surface area contributed by atoms with Gasteiger partial charge >= 0.3 is 0 Å². The number of hydrogen-bond donors (Lipinski definition) is 1. The second-order valence-corrected chi connectivity index (χ2v) is 6.02. The predicted octanol–water partition coefficient (Wildman–Crippen LogP) is 3.22. The van der Waals surface area contributed by atoms with Gasteiger partial charge in [0.1, 0.15) is 0 Å². The van der Waals surface area contributed by atoms with Crippen molar-refractivity contribution in [3.8, 4) is 0 Å². The highest BCUT2D eigenvalue weighted by Gasteiger charge is 2.48. The van der Waals surface area contributed by atoms with Crippen molar-refractivity contribution in [3.05, 3.63) is 0 Å². The molecule has 5 atom stereocenters. The van der Waals surface area contributed by atoms with Crippen molar-refractivity contribution in [2.75, 3.05) is 0 Å². The zero-order chi connectivity index (χ0) is 10.3. The minimum Gasteiger partial charge on any atom is -0.392 e. The van der Waals surface area contributed by atoms with Gasteiger partial charge in [-0.05, 0) is 55.3 Å². The molecule has 1 nitrogen and oxygen atoms in total. The molecule has 1 heteroatoms. The Bertz CT molecular complexity index is 213. The van der Waals surface area contributed by atoms with Crippen LogP contribution in [0.3, 0.4) is 0 Å². The largest absolute Gasteiger partial charge is 0.392 e. The lowest BCUT2D eigenvalue weighted by molar-refractivity contribution is -0.0223. The Labute approximate surface area is 87.9 Å². The highest BCUT2D eigenvalue weighted by molar-refractivity contribution is 4.99. The van der Waals surface area contributed by atoms with Gasteiger partial charge in [0.25, 0.3) is 0 Å². The Morgan fingerprint density at radius 2 is 1.50 bits per heavy atom. The number of hydrogen-bond acceptors (Lipinski definition) is 1. The Hall–Kier alpha value is -0.0400. The highest BCUT2D eigenvalue weighted by atomic mass is 16.3. The summed E-state index contributed by atoms with van der Waals surface area (Å²) in [6, 6.07) is 0. The molecule has 0 aromatic carbocycles. The summed E-state index contributed by atoms with van der Waals surface area (Å²) in [4.78, 5) is 0. The molecule has 82 valence electrons. The molecule has 0 heterocycles. The van der Waals surface area contributed by atoms with Crippen molar-refractivity contribution in [2.45, 2.75) is 59.0 Å². The van der Waals surface area contributed by atoms with Crippen LogP contribution in [0.25, 0.3) is 0 Å². The maximum atomic E-state index is 10.3. The lowest BCUT2D eigenvalue weighted by Gasteiger charge is -2.43. The van der Waals surface area contributed by atoms with Gasteiger partial charge in [0.15, 0.2) is 0 Å². The molecule has 0 aromatic rings. The molecule has 14 heavy (non-hydrogen) atoms. The van der Waals surface area contributed by atoms with Crippen molar-refractivity contribution < 1.29 is 5.11 Å². The Kier molecular flexibility index (Phi) is 2.63. The summed E-state index contributed by atoms with van der Waals surface area (Å²) >= 11 is 0. The molecule has 0 amide bonds. The van der Waals surface area contributed by atoms with E-state index < -0.39 is 0 Å². The van der Waals surface area contributed by atoms with Crippen molar-refractivity contribution >= 4 is 0 Å². The van der Waals surface area contributed by atoms with Gasteiger partial charge in [-0.1, -0.05) is 20.8 Å². The van der Waals surface area contributed by atoms with Crippen LogP contribution in [-0.2, 0) is 0 Å². The first-order valence-electron chi connectivity index (χ1n) is 6.23. The van der Waals surface area contributed by atoms with Crippen LogP contribution in [0.15, 0.2) is 0 Å². The normalized spacial score (nSPS) is 54.0. The summed E-state index contributed by atoms with van der Waals surface area (Å²) in [6.07, 6.45) is 6.35. The van der Waals surface area contributed by atoms with Gasteiger partial charge in [0.05, 0.1) is 6.10 Å². The highest BCUT2D eigenvalue weighted by Crippen LogP contribution is 2.53. The van der Waals surface area contributed by atoms with Crippen LogP contribution in [0.1, 0.15) is 52.9 Å². The topological polar surface area (TPSA) is 20.2 Å². The van der Waals surface area contributed by atoms with Crippen LogP contribution in [0.2, 0.25) is 0 Å². The summed E-state index contributed by atoms with van der Waals surface area (Å²) in [6.45, 7) is 6.94. The molecular weight excluding hydrogens is 172 g/mol. The van der Waals surface area contributed by atoms with Crippen LogP contribution >= 0.6 is 0 Å². The second kappa shape index (κ2) is 3.52. The first-order chi connectivity index (χ1) is 6.55. The molecule has 1 N–H and O–H groups in total. The number of rotatable bonds is 0. The SMILES string of the molecule is CC1CCC2(CCC(C)C2O)CC1C. The third-order valence-corrected chi connectivity index (χ3v) is 5.06. The third kappa shape index (κ3) is 1.50. The van der Waals surface area contributed by atoms with Crippen molar-refractivity contribution in [3.63, 3.8) is 0 Å². The summed E-state index contributed by atoms with van der Waals surface area (Å²) < 4.78 is 0. The van der Waals surface area contributed by atoms with E-state index in [1.165, 1.54) is 32.1 Å². The van der Waals surface area contributed by atoms with Crippen molar-refractivity contribution in [1.29, 1.82) is 0 Å². The van der Waals surface area contributed by atoms with E-state index in [0.29, 0.717) is 11.3 Å². The summed E-state index contributed by atoms with van der Waals surface area (Å²) in [5, 5.41) is 10.3. The summed E-state index contributed by atoms with van der Waals surface area (Å²) in [5.41, 5.74) is 0.311. The van der Waals surface area contributed by atoms with E-state index in [9.17, 15) is 5.11 Å². The van der Waals surface area contributed by atoms with Crippen LogP contribution in [0.5, 0.6) is 0 Å². The molecule has 2 saturated carbocycles. The molecule has 2 rings (SSSR count). The van der Waals surface area contributed by atoms with Crippen LogP contribution in [-0.4, -0.2) is 11.2 Å². The Morgan fingerprint density at radius 1 is 0.929 bits per heavy atom. The minimum atomic E-state index is -0.0163. The summed E-state index contributed by atoms with van der Waals surface area (Å²) in [5.74, 6) is 2.21. The molecule has 2 fully saturated rings. The molecule has 5 unspecified atom stereocenters. The average molecular weight is 196 g/mol. The van der Waals surface area contributed by atoms with Gasteiger partial charge < -0.3 is 5.11 Å². The first kappa shape index (κ1) is 10.5. The van der Waals surface area contributed by atoms with E-state index in [4.69, 9.17) is 0 Å². The van der Waals surface area contributed by atoms with Crippen molar-refractivity contribution in [1.82, 2.24) is 0 Å². The maximum Gasteiger partial charge on any atom is 0.0622 e. The molecule has 0 radical (unpaired) electrons. The maximum absolute atomic E-state index is 10.3. The molecular formula is C13H24O. The Morgan fingerprint density at radius 3 is 1.93 bits per heavy atom. The smallest absolute Gasteiger partial charge is 0.0622 e. The standard InChI is InChI=1S/C13H24O/c1-9-4-6-13(8-11(9)3)7-5-10(2)12(13)14/h9-12,14H,4-8H2,1-3H3. The fraction of sp³-hybridized carbons (Fsp3) is 1.00. The fourth-order valence-electron chi connectivity index (χ4n) is 3.66. The van der Waals surface area contributed by atoms with Gasteiger partial charge in [-0.15, -0.1) is 0 Å². The van der Waals surface area contributed by atoms with Crippen LogP contribution in [0, 0.1) is 23.2 Å². The molecule has 2 aliphatic rings. The lowest BCUT2D eigenvalue weighted by Crippen LogP contribution is -2.39. The number of aliphatic hydroxyl groups excluding tert-OH is 1. The zero-order valence-electron chi connectivity index (χ0n) is 9.79. The van der Waals surface area contributed by atoms with Gasteiger partial charge in [-0.3, -0.25) is 0 Å². The van der Waals surface area contributed by atoms with E-state index in [1.807, 2.05) is 0 Å². The van der Waals surface area contributed by atoms with E-state index in [-0.39, 0.29) is 6.10 Å². The fourth-order valence-corrected chi connectivity index (χ4v) is 3.66. The van der Waals surface area contributed by atoms with Crippen molar-refractivity contribution in [2.24, 2.45) is 23.2 Å². The van der Waals surface area contributed by atoms with Crippen LogP contribution < -0.4 is 0 Å². The van der Waals surface area contributed by atoms with E-state index >= 15 is 0 Å². The van der Waals surface area contributed by atoms with Gasteiger partial charge in [0, 0.05) is 0 Å². The molecule has 2 aliphatic carbocycles. The lowest BCUT2D eigenvalue weighted by atomic mass is 9.64. The first-order valence-corrected chi connectivity index (χ1v) is 6.23. The quantitative estimate of drug-likeness (QED) is 0.630. The van der Waals surface area contributed by atoms with Gasteiger partial charge in [-0.25, -0.2) is 0 Å². The molecule has 0 aromatic heterocycles. The van der Waals surface area contributed by atoms with Crippen LogP contribution in [0.4, 0.5) is 0 Å². The second-order valence-electron chi connectivity index (χ2n) is 6.02. The van der Waals surface area contributed by atoms with E-state index in [0.717, 1.165) is 11.8 Å². The monoisotopic (exact) mass is 196 g/mol. The van der Waals surface area contributed by atoms with Gasteiger partial charge in [0.2, 0.25) is 0 Å². The summed E-state index contributed by atoms with van der Waals surface area (Å²) in [7, 11) is 0. The Balaban J connectivity index is 2.10. The molecule has 1 spiro atoms. The van der Waals surface area contributed by atoms with E-state index in [2.05, 4.69) is 20.8 Å². The minimum absolute atomic E-state index is 0.0163. The predicted molar refractivity (Wildman–Crippen MR) is 59.0 cm³/mol.